The lowest BCUT2D eigenvalue weighted by Gasteiger charge is -2.11. The molecule has 0 amide bonds. The number of hydrogen-bond acceptors (Lipinski definition) is 3. The molecular weight excluding hydrogens is 302 g/mol. The molecule has 4 rings (SSSR count). The number of rotatable bonds is 2. The number of aromatic nitrogens is 3. The smallest absolute Gasteiger partial charge is 0.185 e. The Kier molecular flexibility index (Phi) is 3.10. The van der Waals surface area contributed by atoms with Crippen LogP contribution in [0.25, 0.3) is 33.1 Å². The van der Waals surface area contributed by atoms with Crippen LogP contribution in [0.2, 0.25) is 0 Å². The van der Waals surface area contributed by atoms with Gasteiger partial charge in [-0.25, -0.2) is 4.98 Å². The van der Waals surface area contributed by atoms with Crippen molar-refractivity contribution >= 4 is 33.1 Å². The van der Waals surface area contributed by atoms with Gasteiger partial charge in [0.2, 0.25) is 0 Å². The van der Waals surface area contributed by atoms with Crippen LogP contribution in [0.1, 0.15) is 50.8 Å². The molecule has 0 radical (unpaired) electrons. The van der Waals surface area contributed by atoms with Crippen molar-refractivity contribution in [1.82, 2.24) is 14.8 Å². The number of H-pyrrole nitrogens is 1. The first kappa shape index (κ1) is 15.0. The maximum Gasteiger partial charge on any atom is 0.185 e. The molecule has 1 aromatic carbocycles. The van der Waals surface area contributed by atoms with E-state index in [4.69, 9.17) is 9.40 Å². The van der Waals surface area contributed by atoms with Crippen molar-refractivity contribution in [2.45, 2.75) is 46.6 Å². The second-order valence-corrected chi connectivity index (χ2v) is 7.00. The number of pyridine rings is 1. The normalized spacial score (nSPS) is 12.5. The Morgan fingerprint density at radius 2 is 1.88 bits per heavy atom. The summed E-state index contributed by atoms with van der Waals surface area (Å²) in [7, 11) is 0. The minimum atomic E-state index is -0.00256. The second-order valence-electron chi connectivity index (χ2n) is 7.00. The molecule has 3 heterocycles. The van der Waals surface area contributed by atoms with Crippen molar-refractivity contribution in [3.8, 4) is 0 Å². The molecule has 0 saturated heterocycles. The average molecular weight is 323 g/mol. The van der Waals surface area contributed by atoms with Crippen molar-refractivity contribution in [1.29, 1.82) is 0 Å². The minimum Gasteiger partial charge on any atom is -0.454 e. The van der Waals surface area contributed by atoms with E-state index in [1.54, 1.807) is 6.07 Å². The van der Waals surface area contributed by atoms with Gasteiger partial charge in [-0.05, 0) is 38.8 Å². The highest BCUT2D eigenvalue weighted by atomic mass is 16.3. The highest BCUT2D eigenvalue weighted by Crippen LogP contribution is 2.37. The molecule has 3 aromatic heterocycles. The van der Waals surface area contributed by atoms with Gasteiger partial charge >= 0.3 is 0 Å². The van der Waals surface area contributed by atoms with E-state index in [-0.39, 0.29) is 17.4 Å². The Labute approximate surface area is 139 Å². The molecule has 0 saturated carbocycles. The van der Waals surface area contributed by atoms with Gasteiger partial charge in [0.1, 0.15) is 11.1 Å². The molecule has 0 aliphatic carbocycles. The average Bonchev–Trinajstić information content (AvgIpc) is 3.09. The number of benzene rings is 1. The van der Waals surface area contributed by atoms with Crippen molar-refractivity contribution < 1.29 is 4.42 Å². The number of aryl methyl sites for hydroxylation is 1. The highest BCUT2D eigenvalue weighted by Gasteiger charge is 2.22. The Morgan fingerprint density at radius 1 is 1.12 bits per heavy atom. The molecule has 124 valence electrons. The van der Waals surface area contributed by atoms with Gasteiger partial charge in [0.25, 0.3) is 0 Å². The Hall–Kier alpha value is -2.56. The first-order valence-electron chi connectivity index (χ1n) is 8.35. The number of furan rings is 1. The maximum absolute atomic E-state index is 12.0. The zero-order valence-electron chi connectivity index (χ0n) is 14.6. The van der Waals surface area contributed by atoms with E-state index in [0.717, 1.165) is 33.1 Å². The minimum absolute atomic E-state index is 0.00256. The van der Waals surface area contributed by atoms with Gasteiger partial charge in [-0.15, -0.1) is 0 Å². The molecule has 0 bridgehead atoms. The summed E-state index contributed by atoms with van der Waals surface area (Å²) in [5.41, 5.74) is 4.97. The fraction of sp³-hybridized carbons (Fsp3) is 0.368. The first-order valence-corrected chi connectivity index (χ1v) is 8.35. The molecule has 24 heavy (non-hydrogen) atoms. The van der Waals surface area contributed by atoms with Gasteiger partial charge in [-0.3, -0.25) is 9.48 Å². The summed E-state index contributed by atoms with van der Waals surface area (Å²) in [6, 6.07) is 3.70. The number of nitrogens with one attached hydrogen (secondary N) is 1. The van der Waals surface area contributed by atoms with Crippen LogP contribution >= 0.6 is 0 Å². The van der Waals surface area contributed by atoms with Crippen LogP contribution in [-0.4, -0.2) is 14.8 Å². The summed E-state index contributed by atoms with van der Waals surface area (Å²) in [5, 5.41) is 5.28. The van der Waals surface area contributed by atoms with Crippen molar-refractivity contribution in [2.24, 2.45) is 0 Å². The molecule has 0 fully saturated rings. The predicted octanol–water partition coefficient (Wildman–Crippen LogP) is 4.64. The summed E-state index contributed by atoms with van der Waals surface area (Å²) < 4.78 is 8.21. The zero-order valence-corrected chi connectivity index (χ0v) is 14.6. The molecule has 1 N–H and O–H groups in total. The SMILES string of the molecule is Cc1c(=O)ccc2c1oc1c(C(C)C)c3c[nH]n(C(C)C)c3nc12. The topological polar surface area (TPSA) is 63.8 Å². The summed E-state index contributed by atoms with van der Waals surface area (Å²) in [4.78, 5) is 16.9. The van der Waals surface area contributed by atoms with Crippen molar-refractivity contribution in [3.05, 3.63) is 39.7 Å². The van der Waals surface area contributed by atoms with E-state index in [1.807, 2.05) is 19.2 Å². The largest absolute Gasteiger partial charge is 0.454 e. The molecule has 5 heteroatoms. The molecule has 0 atom stereocenters. The second kappa shape index (κ2) is 4.97. The fourth-order valence-corrected chi connectivity index (χ4v) is 3.45. The van der Waals surface area contributed by atoms with Crippen molar-refractivity contribution in [3.63, 3.8) is 0 Å². The molecule has 0 aliphatic rings. The van der Waals surface area contributed by atoms with E-state index < -0.39 is 0 Å². The quantitative estimate of drug-likeness (QED) is 0.584. The fourth-order valence-electron chi connectivity index (χ4n) is 3.45. The van der Waals surface area contributed by atoms with Gasteiger partial charge in [0, 0.05) is 34.1 Å². The lowest BCUT2D eigenvalue weighted by Crippen LogP contribution is -2.04. The first-order chi connectivity index (χ1) is 11.4. The Balaban J connectivity index is 2.27. The van der Waals surface area contributed by atoms with E-state index in [9.17, 15) is 4.79 Å². The third-order valence-corrected chi connectivity index (χ3v) is 4.69. The maximum atomic E-state index is 12.0. The predicted molar refractivity (Wildman–Crippen MR) is 96.8 cm³/mol. The molecule has 4 aromatic rings. The summed E-state index contributed by atoms with van der Waals surface area (Å²) in [5.74, 6) is 0.280. The molecule has 5 nitrogen and oxygen atoms in total. The van der Waals surface area contributed by atoms with Gasteiger partial charge < -0.3 is 9.52 Å². The Bertz CT molecular complexity index is 1140. The lowest BCUT2D eigenvalue weighted by molar-refractivity contribution is 0.547. The van der Waals surface area contributed by atoms with E-state index in [0.29, 0.717) is 11.1 Å². The van der Waals surface area contributed by atoms with Gasteiger partial charge in [-0.1, -0.05) is 13.8 Å². The van der Waals surface area contributed by atoms with Crippen LogP contribution in [0, 0.1) is 6.92 Å². The third-order valence-electron chi connectivity index (χ3n) is 4.69. The van der Waals surface area contributed by atoms with Crippen LogP contribution in [0.3, 0.4) is 0 Å². The van der Waals surface area contributed by atoms with Gasteiger partial charge in [-0.2, -0.15) is 0 Å². The van der Waals surface area contributed by atoms with Crippen LogP contribution in [0.5, 0.6) is 0 Å². The van der Waals surface area contributed by atoms with E-state index in [2.05, 4.69) is 37.5 Å². The monoisotopic (exact) mass is 323 g/mol. The lowest BCUT2D eigenvalue weighted by atomic mass is 9.99. The number of hydrogen-bond donors (Lipinski definition) is 1. The summed E-state index contributed by atoms with van der Waals surface area (Å²) >= 11 is 0. The number of nitrogens with zero attached hydrogens (tertiary/aromatic N) is 2. The van der Waals surface area contributed by atoms with E-state index >= 15 is 0 Å². The zero-order chi connectivity index (χ0) is 17.2. The number of fused-ring (bicyclic) bond motifs is 4. The highest BCUT2D eigenvalue weighted by molar-refractivity contribution is 6.08. The van der Waals surface area contributed by atoms with Gasteiger partial charge in [0.15, 0.2) is 16.7 Å². The van der Waals surface area contributed by atoms with Crippen LogP contribution in [0.4, 0.5) is 0 Å². The summed E-state index contributed by atoms with van der Waals surface area (Å²) in [6.07, 6.45) is 2.00. The third kappa shape index (κ3) is 1.87. The van der Waals surface area contributed by atoms with Crippen LogP contribution in [-0.2, 0) is 0 Å². The molecular formula is C19H21N3O2. The van der Waals surface area contributed by atoms with Gasteiger partial charge in [0.05, 0.1) is 0 Å². The summed E-state index contributed by atoms with van der Waals surface area (Å²) in [6.45, 7) is 10.4. The molecule has 0 spiro atoms. The Morgan fingerprint density at radius 3 is 2.54 bits per heavy atom. The van der Waals surface area contributed by atoms with E-state index in [1.165, 1.54) is 0 Å². The standard InChI is InChI=1S/C19H21N3O2/c1-9(2)15-13-8-20-22(10(3)4)19(13)21-16-12-6-7-14(23)11(5)17(12)24-18(15)16/h6-10,20H,1-5H3. The number of aromatic amines is 1. The molecule has 0 aliphatic heterocycles. The van der Waals surface area contributed by atoms with Crippen LogP contribution in [0.15, 0.2) is 27.5 Å². The molecule has 0 unspecified atom stereocenters. The van der Waals surface area contributed by atoms with Crippen molar-refractivity contribution in [2.75, 3.05) is 0 Å². The van der Waals surface area contributed by atoms with Crippen LogP contribution < -0.4 is 5.43 Å².